The Morgan fingerprint density at radius 3 is 2.39 bits per heavy atom. The van der Waals surface area contributed by atoms with E-state index in [2.05, 4.69) is 29.6 Å². The normalized spacial score (nSPS) is 16.2. The number of nitrogens with one attached hydrogen (secondary N) is 1. The minimum Gasteiger partial charge on any atom is -0.355 e. The summed E-state index contributed by atoms with van der Waals surface area (Å²) in [5, 5.41) is 2.83. The smallest absolute Gasteiger partial charge is 0.227 e. The molecule has 0 bridgehead atoms. The molecule has 2 aromatic carbocycles. The predicted molar refractivity (Wildman–Crippen MR) is 114 cm³/mol. The molecule has 0 saturated carbocycles. The number of amides is 2. The van der Waals surface area contributed by atoms with E-state index in [4.69, 9.17) is 5.73 Å². The molecule has 1 aliphatic rings. The molecule has 1 aliphatic heterocycles. The second kappa shape index (κ2) is 10.8. The maximum atomic E-state index is 12.7. The van der Waals surface area contributed by atoms with Crippen molar-refractivity contribution in [1.29, 1.82) is 0 Å². The lowest BCUT2D eigenvalue weighted by molar-refractivity contribution is -0.135. The fraction of sp³-hybridized carbons (Fsp3) is 0.364. The van der Waals surface area contributed by atoms with Gasteiger partial charge in [-0.3, -0.25) is 9.59 Å². The number of hydrogen-bond acceptors (Lipinski definition) is 3. The van der Waals surface area contributed by atoms with E-state index in [0.29, 0.717) is 26.1 Å². The molecule has 6 heteroatoms. The van der Waals surface area contributed by atoms with Gasteiger partial charge in [0, 0.05) is 26.2 Å². The van der Waals surface area contributed by atoms with Crippen LogP contribution in [-0.4, -0.2) is 42.9 Å². The topological polar surface area (TPSA) is 75.4 Å². The first kappa shape index (κ1) is 21.9. The molecule has 1 heterocycles. The van der Waals surface area contributed by atoms with Crippen molar-refractivity contribution in [2.24, 2.45) is 11.7 Å². The highest BCUT2D eigenvalue weighted by Crippen LogP contribution is 2.21. The van der Waals surface area contributed by atoms with Crippen LogP contribution in [-0.2, 0) is 16.0 Å². The number of piperidine rings is 1. The minimum atomic E-state index is -0.130. The average Bonchev–Trinajstić information content (AvgIpc) is 2.73. The number of nitrogens with two attached hydrogens (primary N) is 1. The molecule has 2 aromatic rings. The van der Waals surface area contributed by atoms with E-state index in [1.54, 1.807) is 0 Å². The van der Waals surface area contributed by atoms with Crippen LogP contribution in [0.1, 0.15) is 18.4 Å². The van der Waals surface area contributed by atoms with Gasteiger partial charge in [0.25, 0.3) is 0 Å². The van der Waals surface area contributed by atoms with E-state index in [0.717, 1.165) is 36.1 Å². The van der Waals surface area contributed by atoms with Gasteiger partial charge in [-0.2, -0.15) is 0 Å². The summed E-state index contributed by atoms with van der Waals surface area (Å²) in [5.74, 6) is -0.0429. The third-order valence-corrected chi connectivity index (χ3v) is 5.00. The molecule has 3 N–H and O–H groups in total. The Morgan fingerprint density at radius 2 is 1.71 bits per heavy atom. The van der Waals surface area contributed by atoms with Gasteiger partial charge < -0.3 is 16.0 Å². The van der Waals surface area contributed by atoms with E-state index in [1.165, 1.54) is 0 Å². The molecular formula is C22H28ClN3O2. The number of likely N-dealkylation sites (tertiary alicyclic amines) is 1. The van der Waals surface area contributed by atoms with Crippen LogP contribution in [0.15, 0.2) is 54.6 Å². The molecular weight excluding hydrogens is 374 g/mol. The maximum Gasteiger partial charge on any atom is 0.227 e. The SMILES string of the molecule is Cl.NCCNC(=O)C1CCCN(C(=O)Cc2ccc(-c3ccccc3)cc2)C1. The van der Waals surface area contributed by atoms with Crippen LogP contribution in [0.4, 0.5) is 0 Å². The van der Waals surface area contributed by atoms with Gasteiger partial charge in [-0.1, -0.05) is 54.6 Å². The number of halogens is 1. The maximum absolute atomic E-state index is 12.7. The number of rotatable bonds is 6. The van der Waals surface area contributed by atoms with Crippen molar-refractivity contribution in [2.45, 2.75) is 19.3 Å². The summed E-state index contributed by atoms with van der Waals surface area (Å²) in [6.07, 6.45) is 2.05. The van der Waals surface area contributed by atoms with Crippen molar-refractivity contribution in [2.75, 3.05) is 26.2 Å². The molecule has 1 fully saturated rings. The third-order valence-electron chi connectivity index (χ3n) is 5.00. The molecule has 0 aliphatic carbocycles. The van der Waals surface area contributed by atoms with Crippen LogP contribution in [0.25, 0.3) is 11.1 Å². The Labute approximate surface area is 172 Å². The lowest BCUT2D eigenvalue weighted by Gasteiger charge is -2.32. The summed E-state index contributed by atoms with van der Waals surface area (Å²) in [5.41, 5.74) is 8.74. The molecule has 0 spiro atoms. The number of benzene rings is 2. The summed E-state index contributed by atoms with van der Waals surface area (Å²) in [7, 11) is 0. The first-order valence-corrected chi connectivity index (χ1v) is 9.57. The van der Waals surface area contributed by atoms with Gasteiger partial charge in [0.1, 0.15) is 0 Å². The van der Waals surface area contributed by atoms with Crippen LogP contribution in [0.5, 0.6) is 0 Å². The second-order valence-electron chi connectivity index (χ2n) is 7.00. The quantitative estimate of drug-likeness (QED) is 0.781. The summed E-state index contributed by atoms with van der Waals surface area (Å²) in [4.78, 5) is 26.7. The molecule has 3 rings (SSSR count). The van der Waals surface area contributed by atoms with Gasteiger partial charge in [0.15, 0.2) is 0 Å². The largest absolute Gasteiger partial charge is 0.355 e. The summed E-state index contributed by atoms with van der Waals surface area (Å²) >= 11 is 0. The van der Waals surface area contributed by atoms with E-state index in [1.807, 2.05) is 35.2 Å². The zero-order valence-electron chi connectivity index (χ0n) is 16.0. The van der Waals surface area contributed by atoms with Crippen molar-refractivity contribution in [1.82, 2.24) is 10.2 Å². The van der Waals surface area contributed by atoms with Gasteiger partial charge in [-0.25, -0.2) is 0 Å². The lowest BCUT2D eigenvalue weighted by atomic mass is 9.96. The van der Waals surface area contributed by atoms with Crippen molar-refractivity contribution >= 4 is 24.2 Å². The van der Waals surface area contributed by atoms with E-state index < -0.39 is 0 Å². The zero-order valence-corrected chi connectivity index (χ0v) is 16.8. The van der Waals surface area contributed by atoms with Crippen molar-refractivity contribution < 1.29 is 9.59 Å². The fourth-order valence-corrected chi connectivity index (χ4v) is 3.49. The van der Waals surface area contributed by atoms with Crippen molar-refractivity contribution in [3.05, 3.63) is 60.2 Å². The standard InChI is InChI=1S/C22H27N3O2.ClH/c23-12-13-24-22(27)20-7-4-14-25(16-20)21(26)15-17-8-10-19(11-9-17)18-5-2-1-3-6-18;/h1-3,5-6,8-11,20H,4,7,12-16,23H2,(H,24,27);1H. The summed E-state index contributed by atoms with van der Waals surface area (Å²) in [6.45, 7) is 2.13. The molecule has 150 valence electrons. The first-order valence-electron chi connectivity index (χ1n) is 9.57. The molecule has 1 saturated heterocycles. The van der Waals surface area contributed by atoms with Crippen LogP contribution in [0, 0.1) is 5.92 Å². The number of carbonyl (C=O) groups excluding carboxylic acids is 2. The molecule has 1 unspecified atom stereocenters. The van der Waals surface area contributed by atoms with Crippen molar-refractivity contribution in [3.63, 3.8) is 0 Å². The monoisotopic (exact) mass is 401 g/mol. The van der Waals surface area contributed by atoms with Crippen LogP contribution < -0.4 is 11.1 Å². The average molecular weight is 402 g/mol. The number of nitrogens with zero attached hydrogens (tertiary/aromatic N) is 1. The molecule has 0 radical (unpaired) electrons. The Bertz CT molecular complexity index is 765. The Balaban J connectivity index is 0.00000280. The van der Waals surface area contributed by atoms with Crippen LogP contribution >= 0.6 is 12.4 Å². The fourth-order valence-electron chi connectivity index (χ4n) is 3.49. The molecule has 0 aromatic heterocycles. The van der Waals surface area contributed by atoms with Gasteiger partial charge >= 0.3 is 0 Å². The molecule has 2 amide bonds. The summed E-state index contributed by atoms with van der Waals surface area (Å²) < 4.78 is 0. The van der Waals surface area contributed by atoms with E-state index >= 15 is 0 Å². The summed E-state index contributed by atoms with van der Waals surface area (Å²) in [6, 6.07) is 18.3. The molecule has 1 atom stereocenters. The van der Waals surface area contributed by atoms with Crippen LogP contribution in [0.3, 0.4) is 0 Å². The number of carbonyl (C=O) groups is 2. The number of hydrogen-bond donors (Lipinski definition) is 2. The van der Waals surface area contributed by atoms with Crippen LogP contribution in [0.2, 0.25) is 0 Å². The molecule has 28 heavy (non-hydrogen) atoms. The Hall–Kier alpha value is -2.37. The Morgan fingerprint density at radius 1 is 1.04 bits per heavy atom. The minimum absolute atomic E-state index is 0. The van der Waals surface area contributed by atoms with Crippen molar-refractivity contribution in [3.8, 4) is 11.1 Å². The zero-order chi connectivity index (χ0) is 19.1. The highest BCUT2D eigenvalue weighted by Gasteiger charge is 2.28. The highest BCUT2D eigenvalue weighted by atomic mass is 35.5. The molecule has 5 nitrogen and oxygen atoms in total. The van der Waals surface area contributed by atoms with Gasteiger partial charge in [0.2, 0.25) is 11.8 Å². The van der Waals surface area contributed by atoms with E-state index in [9.17, 15) is 9.59 Å². The van der Waals surface area contributed by atoms with E-state index in [-0.39, 0.29) is 30.1 Å². The predicted octanol–water partition coefficient (Wildman–Crippen LogP) is 2.63. The van der Waals surface area contributed by atoms with Gasteiger partial charge in [-0.05, 0) is 29.5 Å². The third kappa shape index (κ3) is 5.81. The highest BCUT2D eigenvalue weighted by molar-refractivity contribution is 5.85. The Kier molecular flexibility index (Phi) is 8.48. The second-order valence-corrected chi connectivity index (χ2v) is 7.00. The van der Waals surface area contributed by atoms with Gasteiger partial charge in [-0.15, -0.1) is 12.4 Å². The lowest BCUT2D eigenvalue weighted by Crippen LogP contribution is -2.46. The first-order chi connectivity index (χ1) is 13.2. The van der Waals surface area contributed by atoms with Gasteiger partial charge in [0.05, 0.1) is 12.3 Å².